The number of imidazole rings is 1. The van der Waals surface area contributed by atoms with Crippen molar-refractivity contribution in [1.29, 1.82) is 0 Å². The van der Waals surface area contributed by atoms with Crippen molar-refractivity contribution >= 4 is 0 Å². The van der Waals surface area contributed by atoms with Gasteiger partial charge in [-0.25, -0.2) is 4.98 Å². The zero-order valence-corrected chi connectivity index (χ0v) is 11.2. The predicted octanol–water partition coefficient (Wildman–Crippen LogP) is 3.11. The summed E-state index contributed by atoms with van der Waals surface area (Å²) in [5.41, 5.74) is 3.03. The zero-order chi connectivity index (χ0) is 13.1. The number of benzene rings is 1. The highest BCUT2D eigenvalue weighted by Gasteiger charge is 2.16. The number of hydrogen-bond donors (Lipinski definition) is 1. The van der Waals surface area contributed by atoms with Gasteiger partial charge in [0.05, 0.1) is 18.2 Å². The molecule has 0 aliphatic rings. The van der Waals surface area contributed by atoms with Crippen molar-refractivity contribution in [3.05, 3.63) is 53.6 Å². The van der Waals surface area contributed by atoms with E-state index in [2.05, 4.69) is 37.9 Å². The highest BCUT2D eigenvalue weighted by Crippen LogP contribution is 2.24. The molecule has 1 N–H and O–H groups in total. The minimum atomic E-state index is -0.610. The van der Waals surface area contributed by atoms with Crippen LogP contribution in [0.2, 0.25) is 0 Å². The van der Waals surface area contributed by atoms with Crippen molar-refractivity contribution in [2.24, 2.45) is 0 Å². The molecule has 0 aliphatic carbocycles. The van der Waals surface area contributed by atoms with E-state index in [0.29, 0.717) is 6.04 Å². The molecule has 0 aliphatic heterocycles. The van der Waals surface area contributed by atoms with Crippen molar-refractivity contribution in [3.8, 4) is 0 Å². The first-order valence-electron chi connectivity index (χ1n) is 6.42. The topological polar surface area (TPSA) is 38.1 Å². The number of hydrogen-bond acceptors (Lipinski definition) is 2. The van der Waals surface area contributed by atoms with E-state index >= 15 is 0 Å². The molecule has 0 amide bonds. The van der Waals surface area contributed by atoms with Crippen LogP contribution in [0.1, 0.15) is 49.7 Å². The largest absolute Gasteiger partial charge is 0.382 e. The lowest BCUT2D eigenvalue weighted by atomic mass is 10.0. The predicted molar refractivity (Wildman–Crippen MR) is 72.5 cm³/mol. The molecule has 0 spiro atoms. The summed E-state index contributed by atoms with van der Waals surface area (Å²) in [5.74, 6) is 0. The molecule has 2 rings (SSSR count). The van der Waals surface area contributed by atoms with Gasteiger partial charge in [0.15, 0.2) is 0 Å². The van der Waals surface area contributed by atoms with Gasteiger partial charge in [0.2, 0.25) is 0 Å². The van der Waals surface area contributed by atoms with Gasteiger partial charge in [-0.1, -0.05) is 31.2 Å². The summed E-state index contributed by atoms with van der Waals surface area (Å²) >= 11 is 0. The third-order valence-electron chi connectivity index (χ3n) is 3.24. The minimum Gasteiger partial charge on any atom is -0.382 e. The monoisotopic (exact) mass is 244 g/mol. The molecule has 0 bridgehead atoms. The van der Waals surface area contributed by atoms with E-state index in [1.54, 1.807) is 12.5 Å². The number of aromatic nitrogens is 2. The Kier molecular flexibility index (Phi) is 3.82. The second-order valence-electron chi connectivity index (χ2n) is 4.82. The average molecular weight is 244 g/mol. The molecule has 1 heterocycles. The highest BCUT2D eigenvalue weighted by molar-refractivity contribution is 5.28. The molecule has 1 unspecified atom stereocenters. The van der Waals surface area contributed by atoms with Gasteiger partial charge in [-0.05, 0) is 31.4 Å². The Bertz CT molecular complexity index is 499. The fourth-order valence-electron chi connectivity index (χ4n) is 2.06. The maximum absolute atomic E-state index is 10.4. The third-order valence-corrected chi connectivity index (χ3v) is 3.24. The van der Waals surface area contributed by atoms with Crippen LogP contribution in [0.3, 0.4) is 0 Å². The Labute approximate surface area is 108 Å². The molecule has 1 atom stereocenters. The van der Waals surface area contributed by atoms with Gasteiger partial charge in [-0.15, -0.1) is 0 Å². The average Bonchev–Trinajstić information content (AvgIpc) is 2.87. The van der Waals surface area contributed by atoms with Crippen LogP contribution in [0.4, 0.5) is 0 Å². The number of aliphatic hydroxyl groups is 1. The highest BCUT2D eigenvalue weighted by atomic mass is 16.3. The molecule has 96 valence electrons. The summed E-state index contributed by atoms with van der Waals surface area (Å²) in [7, 11) is 0. The second-order valence-corrected chi connectivity index (χ2v) is 4.82. The first-order valence-corrected chi connectivity index (χ1v) is 6.42. The summed E-state index contributed by atoms with van der Waals surface area (Å²) in [5, 5.41) is 10.4. The molecule has 3 nitrogen and oxygen atoms in total. The lowest BCUT2D eigenvalue weighted by Gasteiger charge is -2.17. The third kappa shape index (κ3) is 2.46. The van der Waals surface area contributed by atoms with Gasteiger partial charge in [0.1, 0.15) is 6.10 Å². The summed E-state index contributed by atoms with van der Waals surface area (Å²) in [4.78, 5) is 4.13. The molecule has 0 saturated heterocycles. The van der Waals surface area contributed by atoms with Crippen molar-refractivity contribution in [2.45, 2.75) is 39.3 Å². The van der Waals surface area contributed by atoms with E-state index in [9.17, 15) is 5.11 Å². The standard InChI is InChI=1S/C15H20N2O/c1-4-12-5-7-13(8-6-12)15(18)14-9-16-10-17(14)11(2)3/h5-11,15,18H,4H2,1-3H3. The molecule has 0 saturated carbocycles. The van der Waals surface area contributed by atoms with Crippen LogP contribution < -0.4 is 0 Å². The van der Waals surface area contributed by atoms with Crippen molar-refractivity contribution in [2.75, 3.05) is 0 Å². The van der Waals surface area contributed by atoms with Crippen LogP contribution >= 0.6 is 0 Å². The Morgan fingerprint density at radius 3 is 2.44 bits per heavy atom. The molecule has 0 fully saturated rings. The summed E-state index contributed by atoms with van der Waals surface area (Å²) in [6.45, 7) is 6.29. The molecule has 2 aromatic rings. The van der Waals surface area contributed by atoms with E-state index in [0.717, 1.165) is 17.7 Å². The molecular formula is C15H20N2O. The van der Waals surface area contributed by atoms with Crippen LogP contribution in [0.25, 0.3) is 0 Å². The smallest absolute Gasteiger partial charge is 0.121 e. The first-order chi connectivity index (χ1) is 8.63. The first kappa shape index (κ1) is 12.8. The van der Waals surface area contributed by atoms with Gasteiger partial charge >= 0.3 is 0 Å². The quantitative estimate of drug-likeness (QED) is 0.897. The van der Waals surface area contributed by atoms with E-state index in [4.69, 9.17) is 0 Å². The summed E-state index contributed by atoms with van der Waals surface area (Å²) in [6, 6.07) is 8.40. The normalized spacial score (nSPS) is 12.9. The van der Waals surface area contributed by atoms with Gasteiger partial charge < -0.3 is 9.67 Å². The van der Waals surface area contributed by atoms with Crippen molar-refractivity contribution < 1.29 is 5.11 Å². The Morgan fingerprint density at radius 2 is 1.89 bits per heavy atom. The van der Waals surface area contributed by atoms with Crippen LogP contribution in [0.15, 0.2) is 36.8 Å². The van der Waals surface area contributed by atoms with Gasteiger partial charge in [0.25, 0.3) is 0 Å². The maximum Gasteiger partial charge on any atom is 0.121 e. The Hall–Kier alpha value is -1.61. The lowest BCUT2D eigenvalue weighted by Crippen LogP contribution is -2.10. The van der Waals surface area contributed by atoms with Crippen molar-refractivity contribution in [3.63, 3.8) is 0 Å². The minimum absolute atomic E-state index is 0.298. The molecular weight excluding hydrogens is 224 g/mol. The lowest BCUT2D eigenvalue weighted by molar-refractivity contribution is 0.208. The van der Waals surface area contributed by atoms with Crippen molar-refractivity contribution in [1.82, 2.24) is 9.55 Å². The molecule has 1 aromatic heterocycles. The SMILES string of the molecule is CCc1ccc(C(O)c2cncn2C(C)C)cc1. The molecule has 18 heavy (non-hydrogen) atoms. The van der Waals surface area contributed by atoms with E-state index in [1.807, 2.05) is 16.7 Å². The van der Waals surface area contributed by atoms with Crippen LogP contribution in [0, 0.1) is 0 Å². The second kappa shape index (κ2) is 5.36. The van der Waals surface area contributed by atoms with E-state index in [1.165, 1.54) is 5.56 Å². The number of aliphatic hydroxyl groups excluding tert-OH is 1. The van der Waals surface area contributed by atoms with Crippen LogP contribution in [-0.2, 0) is 6.42 Å². The number of rotatable bonds is 4. The zero-order valence-electron chi connectivity index (χ0n) is 11.2. The maximum atomic E-state index is 10.4. The number of aryl methyl sites for hydroxylation is 1. The Morgan fingerprint density at radius 1 is 1.22 bits per heavy atom. The molecule has 1 aromatic carbocycles. The molecule has 0 radical (unpaired) electrons. The fraction of sp³-hybridized carbons (Fsp3) is 0.400. The van der Waals surface area contributed by atoms with Gasteiger partial charge in [-0.2, -0.15) is 0 Å². The summed E-state index contributed by atoms with van der Waals surface area (Å²) < 4.78 is 2.00. The molecule has 3 heteroatoms. The number of nitrogens with zero attached hydrogens (tertiary/aromatic N) is 2. The van der Waals surface area contributed by atoms with E-state index in [-0.39, 0.29) is 0 Å². The van der Waals surface area contributed by atoms with Gasteiger partial charge in [0, 0.05) is 6.04 Å². The van der Waals surface area contributed by atoms with Crippen LogP contribution in [-0.4, -0.2) is 14.7 Å². The fourth-order valence-corrected chi connectivity index (χ4v) is 2.06. The Balaban J connectivity index is 2.29. The van der Waals surface area contributed by atoms with E-state index < -0.39 is 6.10 Å². The summed E-state index contributed by atoms with van der Waals surface area (Å²) in [6.07, 6.45) is 3.91. The van der Waals surface area contributed by atoms with Gasteiger partial charge in [-0.3, -0.25) is 0 Å². The van der Waals surface area contributed by atoms with Crippen LogP contribution in [0.5, 0.6) is 0 Å².